The van der Waals surface area contributed by atoms with Crippen LogP contribution in [0.3, 0.4) is 0 Å². The lowest BCUT2D eigenvalue weighted by molar-refractivity contribution is 0.0821. The fraction of sp³-hybridized carbons (Fsp3) is 0.276. The largest absolute Gasteiger partial charge is 0.497 e. The summed E-state index contributed by atoms with van der Waals surface area (Å²) in [6.07, 6.45) is 4.16. The molecule has 40 heavy (non-hydrogen) atoms. The third kappa shape index (κ3) is 7.64. The van der Waals surface area contributed by atoms with E-state index in [2.05, 4.69) is 19.9 Å². The van der Waals surface area contributed by atoms with Gasteiger partial charge in [0.1, 0.15) is 35.7 Å². The Morgan fingerprint density at radius 3 is 2.35 bits per heavy atom. The van der Waals surface area contributed by atoms with Crippen LogP contribution < -0.4 is 18.9 Å². The Kier molecular flexibility index (Phi) is 9.42. The summed E-state index contributed by atoms with van der Waals surface area (Å²) in [4.78, 5) is 30.9. The number of methoxy groups -OCH3 is 2. The molecule has 2 aromatic heterocycles. The first-order valence-electron chi connectivity index (χ1n) is 12.5. The Morgan fingerprint density at radius 1 is 0.900 bits per heavy atom. The van der Waals surface area contributed by atoms with Crippen LogP contribution in [0.2, 0.25) is 0 Å². The first-order valence-corrected chi connectivity index (χ1v) is 12.5. The predicted octanol–water partition coefficient (Wildman–Crippen LogP) is 4.43. The number of amides is 1. The summed E-state index contributed by atoms with van der Waals surface area (Å²) in [5.74, 6) is 2.51. The van der Waals surface area contributed by atoms with E-state index < -0.39 is 0 Å². The van der Waals surface area contributed by atoms with Crippen molar-refractivity contribution in [1.82, 2.24) is 24.8 Å². The van der Waals surface area contributed by atoms with Crippen LogP contribution in [-0.4, -0.2) is 71.8 Å². The summed E-state index contributed by atoms with van der Waals surface area (Å²) in [5, 5.41) is 0. The normalized spacial score (nSPS) is 11.4. The van der Waals surface area contributed by atoms with E-state index in [1.54, 1.807) is 52.7 Å². The summed E-state index contributed by atoms with van der Waals surface area (Å²) < 4.78 is 28.3. The summed E-state index contributed by atoms with van der Waals surface area (Å²) in [7, 11) is 6.53. The third-order valence-corrected chi connectivity index (χ3v) is 5.53. The second kappa shape index (κ2) is 13.3. The van der Waals surface area contributed by atoms with E-state index in [0.29, 0.717) is 42.0 Å². The van der Waals surface area contributed by atoms with Crippen molar-refractivity contribution in [3.05, 3.63) is 78.4 Å². The minimum atomic E-state index is -0.255. The fourth-order valence-corrected chi connectivity index (χ4v) is 3.60. The van der Waals surface area contributed by atoms with Gasteiger partial charge in [0.15, 0.2) is 5.82 Å². The molecule has 0 saturated heterocycles. The minimum absolute atomic E-state index is 0.209. The van der Waals surface area contributed by atoms with E-state index in [9.17, 15) is 4.79 Å². The number of rotatable bonds is 12. The van der Waals surface area contributed by atoms with Crippen LogP contribution in [0.5, 0.6) is 29.0 Å². The summed E-state index contributed by atoms with van der Waals surface area (Å²) >= 11 is 0. The van der Waals surface area contributed by atoms with Crippen molar-refractivity contribution in [3.63, 3.8) is 0 Å². The lowest BCUT2D eigenvalue weighted by Gasteiger charge is -2.16. The number of aromatic nitrogens is 4. The maximum absolute atomic E-state index is 12.1. The first-order chi connectivity index (χ1) is 19.3. The molecule has 1 unspecified atom stereocenters. The summed E-state index contributed by atoms with van der Waals surface area (Å²) in [5.41, 5.74) is 1.82. The molecular formula is C29H31N5O6. The standard InChI is InChI=1S/C29H31N5O6/c1-19(17-36-4)39-23-12-21(13-24(14-23)40-27-16-31-25(15-32-27)29(35)34(2)3)28-30-11-10-26(33-28)38-18-20-6-8-22(37-5)9-7-20/h6-16,19H,17-18H2,1-5H3. The molecule has 0 aliphatic rings. The molecule has 11 nitrogen and oxygen atoms in total. The maximum atomic E-state index is 12.1. The van der Waals surface area contributed by atoms with Crippen molar-refractivity contribution in [2.24, 2.45) is 0 Å². The first kappa shape index (κ1) is 28.2. The van der Waals surface area contributed by atoms with E-state index in [0.717, 1.165) is 11.3 Å². The zero-order chi connectivity index (χ0) is 28.5. The van der Waals surface area contributed by atoms with Crippen LogP contribution in [0, 0.1) is 0 Å². The smallest absolute Gasteiger partial charge is 0.273 e. The molecule has 1 amide bonds. The van der Waals surface area contributed by atoms with Crippen molar-refractivity contribution in [3.8, 4) is 40.4 Å². The van der Waals surface area contributed by atoms with E-state index in [1.165, 1.54) is 17.3 Å². The minimum Gasteiger partial charge on any atom is -0.497 e. The number of benzene rings is 2. The topological polar surface area (TPSA) is 118 Å². The van der Waals surface area contributed by atoms with Crippen molar-refractivity contribution < 1.29 is 28.5 Å². The molecule has 0 bridgehead atoms. The van der Waals surface area contributed by atoms with Crippen LogP contribution in [0.25, 0.3) is 11.4 Å². The molecule has 2 heterocycles. The average Bonchev–Trinajstić information content (AvgIpc) is 2.96. The van der Waals surface area contributed by atoms with Crippen molar-refractivity contribution in [1.29, 1.82) is 0 Å². The number of hydrogen-bond donors (Lipinski definition) is 0. The van der Waals surface area contributed by atoms with E-state index in [1.807, 2.05) is 37.3 Å². The molecule has 11 heteroatoms. The number of ether oxygens (including phenoxy) is 5. The van der Waals surface area contributed by atoms with Gasteiger partial charge in [0.2, 0.25) is 11.8 Å². The molecule has 208 valence electrons. The van der Waals surface area contributed by atoms with Gasteiger partial charge in [-0.2, -0.15) is 4.98 Å². The van der Waals surface area contributed by atoms with Gasteiger partial charge in [0.05, 0.1) is 26.1 Å². The Morgan fingerprint density at radius 2 is 1.68 bits per heavy atom. The molecule has 0 fully saturated rings. The zero-order valence-electron chi connectivity index (χ0n) is 23.0. The second-order valence-electron chi connectivity index (χ2n) is 8.97. The number of carbonyl (C=O) groups is 1. The number of hydrogen-bond acceptors (Lipinski definition) is 10. The van der Waals surface area contributed by atoms with Gasteiger partial charge in [-0.15, -0.1) is 0 Å². The van der Waals surface area contributed by atoms with Crippen molar-refractivity contribution in [2.45, 2.75) is 19.6 Å². The van der Waals surface area contributed by atoms with Gasteiger partial charge in [-0.25, -0.2) is 15.0 Å². The SMILES string of the molecule is COCC(C)Oc1cc(Oc2cnc(C(=O)N(C)C)cn2)cc(-c2nccc(OCc3ccc(OC)cc3)n2)c1. The Balaban J connectivity index is 1.57. The fourth-order valence-electron chi connectivity index (χ4n) is 3.60. The Labute approximate surface area is 232 Å². The number of carbonyl (C=O) groups excluding carboxylic acids is 1. The Hall–Kier alpha value is -4.77. The third-order valence-electron chi connectivity index (χ3n) is 5.53. The average molecular weight is 546 g/mol. The monoisotopic (exact) mass is 545 g/mol. The van der Waals surface area contributed by atoms with E-state index in [4.69, 9.17) is 23.7 Å². The predicted molar refractivity (Wildman–Crippen MR) is 147 cm³/mol. The van der Waals surface area contributed by atoms with Gasteiger partial charge in [-0.1, -0.05) is 12.1 Å². The molecule has 0 N–H and O–H groups in total. The van der Waals surface area contributed by atoms with Crippen LogP contribution in [-0.2, 0) is 11.3 Å². The molecule has 0 spiro atoms. The number of nitrogens with zero attached hydrogens (tertiary/aromatic N) is 5. The van der Waals surface area contributed by atoms with Crippen LogP contribution in [0.1, 0.15) is 23.0 Å². The molecule has 0 aliphatic heterocycles. The maximum Gasteiger partial charge on any atom is 0.273 e. The summed E-state index contributed by atoms with van der Waals surface area (Å²) in [6, 6.07) is 14.6. The highest BCUT2D eigenvalue weighted by atomic mass is 16.5. The Bertz CT molecular complexity index is 1410. The highest BCUT2D eigenvalue weighted by Crippen LogP contribution is 2.31. The molecular weight excluding hydrogens is 514 g/mol. The van der Waals surface area contributed by atoms with Gasteiger partial charge < -0.3 is 28.6 Å². The lowest BCUT2D eigenvalue weighted by Crippen LogP contribution is -2.22. The highest BCUT2D eigenvalue weighted by molar-refractivity contribution is 5.91. The van der Waals surface area contributed by atoms with Crippen LogP contribution in [0.15, 0.2) is 67.1 Å². The molecule has 0 saturated carbocycles. The van der Waals surface area contributed by atoms with Gasteiger partial charge in [0, 0.05) is 45.1 Å². The lowest BCUT2D eigenvalue weighted by atomic mass is 10.2. The van der Waals surface area contributed by atoms with Gasteiger partial charge >= 0.3 is 0 Å². The molecule has 2 aromatic carbocycles. The van der Waals surface area contributed by atoms with Gasteiger partial charge in [-0.3, -0.25) is 4.79 Å². The molecule has 4 aromatic rings. The quantitative estimate of drug-likeness (QED) is 0.253. The summed E-state index contributed by atoms with van der Waals surface area (Å²) in [6.45, 7) is 2.63. The van der Waals surface area contributed by atoms with Crippen LogP contribution >= 0.6 is 0 Å². The zero-order valence-corrected chi connectivity index (χ0v) is 23.0. The molecule has 1 atom stereocenters. The molecule has 4 rings (SSSR count). The van der Waals surface area contributed by atoms with Gasteiger partial charge in [-0.05, 0) is 36.8 Å². The van der Waals surface area contributed by atoms with Crippen molar-refractivity contribution in [2.75, 3.05) is 34.9 Å². The molecule has 0 aliphatic carbocycles. The van der Waals surface area contributed by atoms with Crippen molar-refractivity contribution >= 4 is 5.91 Å². The van der Waals surface area contributed by atoms with E-state index in [-0.39, 0.29) is 23.6 Å². The second-order valence-corrected chi connectivity index (χ2v) is 8.97. The molecule has 0 radical (unpaired) electrons. The van der Waals surface area contributed by atoms with Crippen LogP contribution in [0.4, 0.5) is 0 Å². The van der Waals surface area contributed by atoms with E-state index >= 15 is 0 Å². The van der Waals surface area contributed by atoms with Gasteiger partial charge in [0.25, 0.3) is 5.91 Å². The highest BCUT2D eigenvalue weighted by Gasteiger charge is 2.14.